The molecule has 1 N–H and O–H groups in total. The van der Waals surface area contributed by atoms with Gasteiger partial charge in [-0.3, -0.25) is 14.7 Å². The van der Waals surface area contributed by atoms with Crippen LogP contribution in [0.1, 0.15) is 17.9 Å². The molecule has 3 heterocycles. The molecule has 10 nitrogen and oxygen atoms in total. The highest BCUT2D eigenvalue weighted by molar-refractivity contribution is 5.80. The number of nitrogens with zero attached hydrogens (tertiary/aromatic N) is 6. The van der Waals surface area contributed by atoms with Crippen molar-refractivity contribution in [2.24, 2.45) is 0 Å². The number of hydrogen-bond donors (Lipinski definition) is 1. The predicted octanol–water partition coefficient (Wildman–Crippen LogP) is 0.840. The first-order valence-corrected chi connectivity index (χ1v) is 9.57. The van der Waals surface area contributed by atoms with Crippen molar-refractivity contribution in [3.63, 3.8) is 0 Å². The number of hydrogen-bond acceptors (Lipinski definition) is 7. The number of rotatable bonds is 6. The fourth-order valence-electron chi connectivity index (χ4n) is 3.23. The molecular weight excluding hydrogens is 393 g/mol. The Morgan fingerprint density at radius 3 is 2.43 bits per heavy atom. The van der Waals surface area contributed by atoms with Gasteiger partial charge < -0.3 is 14.3 Å². The van der Waals surface area contributed by atoms with Gasteiger partial charge in [0.2, 0.25) is 23.5 Å². The van der Waals surface area contributed by atoms with Crippen LogP contribution in [-0.4, -0.2) is 73.1 Å². The molecular formula is C19H20FN7O3. The number of piperazine rings is 1. The molecule has 0 bridgehead atoms. The minimum atomic E-state index is -0.326. The Kier molecular flexibility index (Phi) is 5.77. The normalized spacial score (nSPS) is 14.2. The minimum Gasteiger partial charge on any atom is -0.339 e. The lowest BCUT2D eigenvalue weighted by atomic mass is 10.1. The van der Waals surface area contributed by atoms with Crippen molar-refractivity contribution >= 4 is 11.8 Å². The maximum atomic E-state index is 13.0. The molecule has 2 amide bonds. The molecule has 0 spiro atoms. The molecule has 1 fully saturated rings. The van der Waals surface area contributed by atoms with E-state index in [-0.39, 0.29) is 30.5 Å². The van der Waals surface area contributed by atoms with E-state index in [0.717, 1.165) is 5.56 Å². The number of benzene rings is 1. The fraction of sp³-hybridized carbons (Fsp3) is 0.368. The Hall–Kier alpha value is -3.63. The van der Waals surface area contributed by atoms with E-state index < -0.39 is 0 Å². The van der Waals surface area contributed by atoms with E-state index in [0.29, 0.717) is 50.1 Å². The van der Waals surface area contributed by atoms with Gasteiger partial charge in [-0.25, -0.2) is 9.37 Å². The van der Waals surface area contributed by atoms with Gasteiger partial charge in [-0.1, -0.05) is 17.3 Å². The van der Waals surface area contributed by atoms with Crippen LogP contribution in [0.5, 0.6) is 0 Å². The van der Waals surface area contributed by atoms with Gasteiger partial charge in [0.25, 0.3) is 0 Å². The molecule has 4 rings (SSSR count). The number of halogens is 1. The zero-order valence-corrected chi connectivity index (χ0v) is 16.1. The number of H-pyrrole nitrogens is 1. The molecule has 1 saturated heterocycles. The molecule has 0 atom stereocenters. The Balaban J connectivity index is 1.22. The molecule has 2 aromatic heterocycles. The molecule has 1 aromatic carbocycles. The summed E-state index contributed by atoms with van der Waals surface area (Å²) in [7, 11) is 0. The lowest BCUT2D eigenvalue weighted by Crippen LogP contribution is -2.51. The summed E-state index contributed by atoms with van der Waals surface area (Å²) in [5, 5.41) is 10.2. The highest BCUT2D eigenvalue weighted by atomic mass is 19.1. The standard InChI is InChI=1S/C19H20FN7O3/c20-14-3-1-13(2-4-14)11-17(29)27-9-7-26(8-10-27)16(28)6-5-15-23-19(25-30-15)18-21-12-22-24-18/h1-4,12H,5-11H2,(H,21,22,24). The van der Waals surface area contributed by atoms with Crippen molar-refractivity contribution in [2.75, 3.05) is 26.2 Å². The summed E-state index contributed by atoms with van der Waals surface area (Å²) < 4.78 is 18.1. The van der Waals surface area contributed by atoms with Crippen molar-refractivity contribution < 1.29 is 18.5 Å². The van der Waals surface area contributed by atoms with E-state index in [2.05, 4.69) is 25.3 Å². The Morgan fingerprint density at radius 1 is 1.07 bits per heavy atom. The van der Waals surface area contributed by atoms with Crippen molar-refractivity contribution in [2.45, 2.75) is 19.3 Å². The number of aromatic nitrogens is 5. The third-order valence-corrected chi connectivity index (χ3v) is 4.90. The first-order valence-electron chi connectivity index (χ1n) is 9.57. The number of amides is 2. The van der Waals surface area contributed by atoms with Crippen LogP contribution in [0.15, 0.2) is 35.1 Å². The van der Waals surface area contributed by atoms with Crippen LogP contribution in [-0.2, 0) is 22.4 Å². The second-order valence-electron chi connectivity index (χ2n) is 6.91. The van der Waals surface area contributed by atoms with Gasteiger partial charge in [0.15, 0.2) is 5.82 Å². The highest BCUT2D eigenvalue weighted by Gasteiger charge is 2.24. The van der Waals surface area contributed by atoms with Gasteiger partial charge in [0, 0.05) is 39.0 Å². The topological polar surface area (TPSA) is 121 Å². The van der Waals surface area contributed by atoms with Crippen LogP contribution in [0.4, 0.5) is 4.39 Å². The summed E-state index contributed by atoms with van der Waals surface area (Å²) in [6, 6.07) is 5.91. The zero-order valence-electron chi connectivity index (χ0n) is 16.1. The second kappa shape index (κ2) is 8.80. The van der Waals surface area contributed by atoms with Crippen LogP contribution in [0.25, 0.3) is 11.6 Å². The maximum absolute atomic E-state index is 13.0. The lowest BCUT2D eigenvalue weighted by molar-refractivity contribution is -0.139. The van der Waals surface area contributed by atoms with E-state index in [1.54, 1.807) is 21.9 Å². The van der Waals surface area contributed by atoms with E-state index in [1.807, 2.05) is 0 Å². The van der Waals surface area contributed by atoms with E-state index in [1.165, 1.54) is 18.5 Å². The second-order valence-corrected chi connectivity index (χ2v) is 6.91. The molecule has 30 heavy (non-hydrogen) atoms. The molecule has 1 aliphatic heterocycles. The Labute approximate surface area is 171 Å². The average molecular weight is 413 g/mol. The molecule has 3 aromatic rings. The molecule has 0 radical (unpaired) electrons. The first kappa shape index (κ1) is 19.7. The lowest BCUT2D eigenvalue weighted by Gasteiger charge is -2.35. The fourth-order valence-corrected chi connectivity index (χ4v) is 3.23. The molecule has 11 heteroatoms. The van der Waals surface area contributed by atoms with E-state index in [9.17, 15) is 14.0 Å². The van der Waals surface area contributed by atoms with Crippen molar-refractivity contribution in [1.29, 1.82) is 0 Å². The summed E-state index contributed by atoms with van der Waals surface area (Å²) in [4.78, 5) is 36.5. The van der Waals surface area contributed by atoms with Gasteiger partial charge in [0.1, 0.15) is 12.1 Å². The summed E-state index contributed by atoms with van der Waals surface area (Å²) in [6.07, 6.45) is 2.13. The van der Waals surface area contributed by atoms with Crippen LogP contribution in [0.3, 0.4) is 0 Å². The van der Waals surface area contributed by atoms with Crippen molar-refractivity contribution in [3.8, 4) is 11.6 Å². The minimum absolute atomic E-state index is 0.0277. The van der Waals surface area contributed by atoms with Crippen molar-refractivity contribution in [1.82, 2.24) is 35.1 Å². The Bertz CT molecular complexity index is 996. The quantitative estimate of drug-likeness (QED) is 0.636. The number of aryl methyl sites for hydroxylation is 1. The largest absolute Gasteiger partial charge is 0.339 e. The molecule has 0 unspecified atom stereocenters. The van der Waals surface area contributed by atoms with Crippen LogP contribution < -0.4 is 0 Å². The molecule has 1 aliphatic rings. The SMILES string of the molecule is O=C(CCc1nc(-c2ncn[nH]2)no1)N1CCN(C(=O)Cc2ccc(F)cc2)CC1. The number of aromatic amines is 1. The summed E-state index contributed by atoms with van der Waals surface area (Å²) in [5.41, 5.74) is 0.768. The van der Waals surface area contributed by atoms with E-state index in [4.69, 9.17) is 4.52 Å². The van der Waals surface area contributed by atoms with Gasteiger partial charge in [-0.05, 0) is 17.7 Å². The van der Waals surface area contributed by atoms with Crippen LogP contribution in [0, 0.1) is 5.82 Å². The summed E-state index contributed by atoms with van der Waals surface area (Å²) in [5.74, 6) is 0.663. The third-order valence-electron chi connectivity index (χ3n) is 4.90. The summed E-state index contributed by atoms with van der Waals surface area (Å²) in [6.45, 7) is 1.90. The number of carbonyl (C=O) groups is 2. The highest BCUT2D eigenvalue weighted by Crippen LogP contribution is 2.12. The number of carbonyl (C=O) groups excluding carboxylic acids is 2. The average Bonchev–Trinajstić information content (AvgIpc) is 3.45. The van der Waals surface area contributed by atoms with E-state index >= 15 is 0 Å². The smallest absolute Gasteiger partial charge is 0.239 e. The first-order chi connectivity index (χ1) is 14.6. The van der Waals surface area contributed by atoms with Gasteiger partial charge in [-0.15, -0.1) is 0 Å². The molecule has 0 aliphatic carbocycles. The number of nitrogens with one attached hydrogen (secondary N) is 1. The third kappa shape index (κ3) is 4.67. The monoisotopic (exact) mass is 413 g/mol. The van der Waals surface area contributed by atoms with Crippen LogP contribution >= 0.6 is 0 Å². The van der Waals surface area contributed by atoms with Gasteiger partial charge in [-0.2, -0.15) is 10.1 Å². The molecule has 156 valence electrons. The van der Waals surface area contributed by atoms with Crippen LogP contribution in [0.2, 0.25) is 0 Å². The van der Waals surface area contributed by atoms with Crippen molar-refractivity contribution in [3.05, 3.63) is 47.9 Å². The molecule has 0 saturated carbocycles. The summed E-state index contributed by atoms with van der Waals surface area (Å²) >= 11 is 0. The predicted molar refractivity (Wildman–Crippen MR) is 101 cm³/mol. The van der Waals surface area contributed by atoms with Gasteiger partial charge >= 0.3 is 0 Å². The Morgan fingerprint density at radius 2 is 1.77 bits per heavy atom. The van der Waals surface area contributed by atoms with Gasteiger partial charge in [0.05, 0.1) is 6.42 Å². The zero-order chi connectivity index (χ0) is 20.9. The maximum Gasteiger partial charge on any atom is 0.239 e.